The molecule has 0 aliphatic rings. The molecule has 118 valence electrons. The van der Waals surface area contributed by atoms with E-state index in [0.29, 0.717) is 0 Å². The summed E-state index contributed by atoms with van der Waals surface area (Å²) in [6.07, 6.45) is -5.89. The zero-order chi connectivity index (χ0) is 16.6. The van der Waals surface area contributed by atoms with Gasteiger partial charge in [-0.15, -0.1) is 0 Å². The van der Waals surface area contributed by atoms with Crippen molar-refractivity contribution in [3.63, 3.8) is 0 Å². The van der Waals surface area contributed by atoms with Gasteiger partial charge in [-0.3, -0.25) is 4.79 Å². The topological polar surface area (TPSA) is 60.4 Å². The van der Waals surface area contributed by atoms with Gasteiger partial charge < -0.3 is 4.18 Å². The van der Waals surface area contributed by atoms with E-state index >= 15 is 0 Å². The Hall–Kier alpha value is -1.26. The van der Waals surface area contributed by atoms with Gasteiger partial charge in [-0.25, -0.2) is 0 Å². The highest BCUT2D eigenvalue weighted by Gasteiger charge is 2.52. The first-order valence-electron chi connectivity index (χ1n) is 4.82. The predicted molar refractivity (Wildman–Crippen MR) is 54.7 cm³/mol. The largest absolute Gasteiger partial charge is 0.534 e. The van der Waals surface area contributed by atoms with Crippen LogP contribution in [-0.4, -0.2) is 25.9 Å². The Morgan fingerprint density at radius 2 is 1.40 bits per heavy atom. The Bertz CT molecular complexity index is 506. The van der Waals surface area contributed by atoms with Crippen molar-refractivity contribution in [1.29, 1.82) is 0 Å². The first kappa shape index (κ1) is 18.7. The number of alkyl halides is 6. The molecule has 0 radical (unpaired) electrons. The van der Waals surface area contributed by atoms with Gasteiger partial charge in [0.1, 0.15) is 0 Å². The van der Waals surface area contributed by atoms with Crippen molar-refractivity contribution in [2.24, 2.45) is 5.41 Å². The first-order chi connectivity index (χ1) is 8.48. The number of carbonyl (C=O) groups excluding carboxylic acids is 1. The summed E-state index contributed by atoms with van der Waals surface area (Å²) < 4.78 is 97.2. The van der Waals surface area contributed by atoms with E-state index in [2.05, 4.69) is 4.18 Å². The summed E-state index contributed by atoms with van der Waals surface area (Å²) in [6.45, 7) is 3.58. The number of allylic oxidation sites excluding steroid dienone is 2. The summed E-state index contributed by atoms with van der Waals surface area (Å²) in [5.41, 5.74) is -7.40. The molecule has 11 heteroatoms. The summed E-state index contributed by atoms with van der Waals surface area (Å²) in [6, 6.07) is 0. The van der Waals surface area contributed by atoms with Crippen LogP contribution in [0.2, 0.25) is 0 Å². The number of hydrogen-bond acceptors (Lipinski definition) is 4. The highest BCUT2D eigenvalue weighted by atomic mass is 32.2. The van der Waals surface area contributed by atoms with Crippen LogP contribution >= 0.6 is 0 Å². The van der Waals surface area contributed by atoms with Crippen molar-refractivity contribution in [2.45, 2.75) is 32.5 Å². The number of ketones is 1. The molecule has 0 aliphatic carbocycles. The maximum atomic E-state index is 12.4. The Morgan fingerprint density at radius 3 is 1.65 bits per heavy atom. The summed E-state index contributed by atoms with van der Waals surface area (Å²) in [5.74, 6) is -3.79. The second-order valence-corrected chi connectivity index (χ2v) is 6.14. The zero-order valence-corrected chi connectivity index (χ0v) is 11.2. The van der Waals surface area contributed by atoms with Crippen LogP contribution in [0.5, 0.6) is 0 Å². The molecule has 20 heavy (non-hydrogen) atoms. The normalized spacial score (nSPS) is 15.2. The second-order valence-electron chi connectivity index (χ2n) is 4.60. The van der Waals surface area contributed by atoms with Crippen LogP contribution in [0.25, 0.3) is 0 Å². The van der Waals surface area contributed by atoms with Crippen molar-refractivity contribution in [1.82, 2.24) is 0 Å². The lowest BCUT2D eigenvalue weighted by Gasteiger charge is -2.17. The third-order valence-corrected chi connectivity index (χ3v) is 2.73. The molecule has 0 aromatic heterocycles. The monoisotopic (exact) mass is 328 g/mol. The predicted octanol–water partition coefficient (Wildman–Crippen LogP) is 2.91. The van der Waals surface area contributed by atoms with E-state index in [0.717, 1.165) is 0 Å². The molecule has 0 saturated heterocycles. The molecule has 0 saturated carbocycles. The third-order valence-electron chi connectivity index (χ3n) is 1.76. The van der Waals surface area contributed by atoms with Crippen LogP contribution in [0, 0.1) is 5.41 Å². The SMILES string of the molecule is CC(C)(C)C(=O)C=C(OS(=O)(=O)C(F)(F)F)C(F)(F)F. The molecule has 0 fully saturated rings. The lowest BCUT2D eigenvalue weighted by Crippen LogP contribution is -2.30. The van der Waals surface area contributed by atoms with Gasteiger partial charge in [0, 0.05) is 11.5 Å². The molecule has 0 aromatic carbocycles. The van der Waals surface area contributed by atoms with Gasteiger partial charge in [-0.2, -0.15) is 34.8 Å². The lowest BCUT2D eigenvalue weighted by atomic mass is 9.90. The third kappa shape index (κ3) is 5.02. The summed E-state index contributed by atoms with van der Waals surface area (Å²) in [5, 5.41) is 0. The van der Waals surface area contributed by atoms with Crippen LogP contribution in [-0.2, 0) is 19.1 Å². The van der Waals surface area contributed by atoms with Gasteiger partial charge >= 0.3 is 21.8 Å². The summed E-state index contributed by atoms with van der Waals surface area (Å²) >= 11 is 0. The van der Waals surface area contributed by atoms with Crippen molar-refractivity contribution in [3.8, 4) is 0 Å². The molecule has 0 rings (SSSR count). The standard InChI is InChI=1S/C9H10F6O4S/c1-7(2,3)5(16)4-6(8(10,11)12)19-20(17,18)9(13,14)15/h4H,1-3H3. The average molecular weight is 328 g/mol. The molecular formula is C9H10F6O4S. The Morgan fingerprint density at radius 1 is 1.00 bits per heavy atom. The maximum Gasteiger partial charge on any atom is 0.534 e. The minimum Gasteiger partial charge on any atom is -0.371 e. The summed E-state index contributed by atoms with van der Waals surface area (Å²) in [4.78, 5) is 11.3. The molecule has 0 amide bonds. The lowest BCUT2D eigenvalue weighted by molar-refractivity contribution is -0.128. The highest BCUT2D eigenvalue weighted by molar-refractivity contribution is 7.87. The Balaban J connectivity index is 5.68. The fourth-order valence-electron chi connectivity index (χ4n) is 0.654. The summed E-state index contributed by atoms with van der Waals surface area (Å²) in [7, 11) is -6.51. The number of carbonyl (C=O) groups is 1. The fraction of sp³-hybridized carbons (Fsp3) is 0.667. The van der Waals surface area contributed by atoms with Gasteiger partial charge in [-0.1, -0.05) is 20.8 Å². The van der Waals surface area contributed by atoms with Gasteiger partial charge in [0.2, 0.25) is 5.76 Å². The van der Waals surface area contributed by atoms with Crippen LogP contribution in [0.1, 0.15) is 20.8 Å². The van der Waals surface area contributed by atoms with Crippen molar-refractivity contribution in [3.05, 3.63) is 11.8 Å². The molecule has 0 bridgehead atoms. The molecular weight excluding hydrogens is 318 g/mol. The van der Waals surface area contributed by atoms with Crippen molar-refractivity contribution in [2.75, 3.05) is 0 Å². The fourth-order valence-corrected chi connectivity index (χ4v) is 1.13. The minimum atomic E-state index is -6.51. The van der Waals surface area contributed by atoms with E-state index in [4.69, 9.17) is 0 Å². The van der Waals surface area contributed by atoms with E-state index in [9.17, 15) is 39.6 Å². The van der Waals surface area contributed by atoms with E-state index in [1.165, 1.54) is 20.8 Å². The number of rotatable bonds is 3. The minimum absolute atomic E-state index is 0.316. The second kappa shape index (κ2) is 5.26. The Kier molecular flexibility index (Phi) is 4.93. The van der Waals surface area contributed by atoms with Crippen LogP contribution in [0.4, 0.5) is 26.3 Å². The van der Waals surface area contributed by atoms with Gasteiger partial charge in [0.25, 0.3) is 0 Å². The quantitative estimate of drug-likeness (QED) is 0.263. The van der Waals surface area contributed by atoms with E-state index in [1.807, 2.05) is 0 Å². The van der Waals surface area contributed by atoms with Crippen LogP contribution in [0.15, 0.2) is 11.8 Å². The van der Waals surface area contributed by atoms with E-state index in [-0.39, 0.29) is 6.08 Å². The maximum absolute atomic E-state index is 12.4. The van der Waals surface area contributed by atoms with Gasteiger partial charge in [0.15, 0.2) is 5.78 Å². The van der Waals surface area contributed by atoms with E-state index < -0.39 is 38.8 Å². The molecule has 0 aromatic rings. The smallest absolute Gasteiger partial charge is 0.371 e. The van der Waals surface area contributed by atoms with E-state index in [1.54, 1.807) is 0 Å². The first-order valence-corrected chi connectivity index (χ1v) is 6.23. The Labute approximate surface area is 110 Å². The molecule has 0 N–H and O–H groups in total. The highest BCUT2D eigenvalue weighted by Crippen LogP contribution is 2.34. The number of hydrogen-bond donors (Lipinski definition) is 0. The molecule has 4 nitrogen and oxygen atoms in total. The van der Waals surface area contributed by atoms with Crippen molar-refractivity contribution >= 4 is 15.9 Å². The number of halogens is 6. The van der Waals surface area contributed by atoms with Crippen LogP contribution in [0.3, 0.4) is 0 Å². The van der Waals surface area contributed by atoms with Gasteiger partial charge in [0.05, 0.1) is 0 Å². The zero-order valence-electron chi connectivity index (χ0n) is 10.4. The van der Waals surface area contributed by atoms with Crippen LogP contribution < -0.4 is 0 Å². The molecule has 0 spiro atoms. The molecule has 0 unspecified atom stereocenters. The van der Waals surface area contributed by atoms with Gasteiger partial charge in [-0.05, 0) is 0 Å². The molecule has 0 atom stereocenters. The molecule has 0 heterocycles. The average Bonchev–Trinajstić information content (AvgIpc) is 2.11. The van der Waals surface area contributed by atoms with Crippen molar-refractivity contribution < 1.29 is 43.7 Å². The molecule has 0 aliphatic heterocycles.